The Balaban J connectivity index is 1.98. The molecule has 0 N–H and O–H groups in total. The lowest BCUT2D eigenvalue weighted by Gasteiger charge is -2.10. The minimum absolute atomic E-state index is 0.0168. The zero-order valence-electron chi connectivity index (χ0n) is 15.2. The normalized spacial score (nSPS) is 11.4. The Morgan fingerprint density at radius 1 is 1.16 bits per heavy atom. The summed E-state index contributed by atoms with van der Waals surface area (Å²) in [5.74, 6) is 0.919. The monoisotopic (exact) mass is 354 g/mol. The molecule has 0 aliphatic rings. The minimum atomic E-state index is -0.128. The second kappa shape index (κ2) is 6.56. The van der Waals surface area contributed by atoms with Gasteiger partial charge in [-0.15, -0.1) is 11.3 Å². The van der Waals surface area contributed by atoms with Gasteiger partial charge in [0.05, 0.1) is 11.9 Å². The number of Topliss-reactive ketones (excluding diaryl/α,β-unsaturated/α-hetero) is 1. The maximum atomic E-state index is 12.9. The van der Waals surface area contributed by atoms with Crippen molar-refractivity contribution < 1.29 is 4.79 Å². The fraction of sp³-hybridized carbons (Fsp3) is 0.350. The lowest BCUT2D eigenvalue weighted by Crippen LogP contribution is -2.27. The fourth-order valence-corrected chi connectivity index (χ4v) is 3.97. The molecule has 3 rings (SSSR count). The molecule has 0 saturated heterocycles. The second-order valence-corrected chi connectivity index (χ2v) is 7.92. The molecule has 0 spiro atoms. The van der Waals surface area contributed by atoms with E-state index < -0.39 is 0 Å². The third kappa shape index (κ3) is 3.16. The molecule has 25 heavy (non-hydrogen) atoms. The van der Waals surface area contributed by atoms with Crippen LogP contribution in [0.15, 0.2) is 29.1 Å². The van der Waals surface area contributed by atoms with Gasteiger partial charge in [0.2, 0.25) is 0 Å². The molecule has 130 valence electrons. The molecule has 0 saturated carbocycles. The summed E-state index contributed by atoms with van der Waals surface area (Å²) < 4.78 is 1.49. The molecule has 0 aliphatic heterocycles. The number of aromatic nitrogens is 2. The van der Waals surface area contributed by atoms with Crippen molar-refractivity contribution in [2.45, 2.75) is 47.1 Å². The maximum Gasteiger partial charge on any atom is 0.262 e. The molecule has 1 aromatic carbocycles. The van der Waals surface area contributed by atoms with Gasteiger partial charge in [0.1, 0.15) is 10.7 Å². The van der Waals surface area contributed by atoms with Crippen LogP contribution >= 0.6 is 11.3 Å². The van der Waals surface area contributed by atoms with Crippen LogP contribution in [0.25, 0.3) is 10.2 Å². The van der Waals surface area contributed by atoms with Crippen LogP contribution < -0.4 is 5.56 Å². The second-order valence-electron chi connectivity index (χ2n) is 6.71. The number of nitrogens with zero attached hydrogens (tertiary/aromatic N) is 2. The summed E-state index contributed by atoms with van der Waals surface area (Å²) in [6, 6.07) is 7.62. The molecule has 5 heteroatoms. The maximum absolute atomic E-state index is 12.9. The molecule has 0 aliphatic carbocycles. The SMILES string of the molecule is Cc1sc2nc(C)n(CC(=O)c3ccc(C(C)C)cc3)c(=O)c2c1C. The highest BCUT2D eigenvalue weighted by atomic mass is 32.1. The van der Waals surface area contributed by atoms with Crippen LogP contribution in [-0.4, -0.2) is 15.3 Å². The van der Waals surface area contributed by atoms with Crippen molar-refractivity contribution in [2.75, 3.05) is 0 Å². The number of thiophene rings is 1. The van der Waals surface area contributed by atoms with Gasteiger partial charge in [-0.3, -0.25) is 14.2 Å². The number of ketones is 1. The Hall–Kier alpha value is -2.27. The highest BCUT2D eigenvalue weighted by Crippen LogP contribution is 2.26. The molecule has 0 radical (unpaired) electrons. The lowest BCUT2D eigenvalue weighted by atomic mass is 10.0. The van der Waals surface area contributed by atoms with Crippen molar-refractivity contribution in [1.29, 1.82) is 0 Å². The van der Waals surface area contributed by atoms with Crippen molar-refractivity contribution >= 4 is 27.3 Å². The Morgan fingerprint density at radius 2 is 1.80 bits per heavy atom. The molecule has 0 unspecified atom stereocenters. The number of carbonyl (C=O) groups is 1. The van der Waals surface area contributed by atoms with Gasteiger partial charge in [-0.25, -0.2) is 4.98 Å². The van der Waals surface area contributed by atoms with Gasteiger partial charge in [0.25, 0.3) is 5.56 Å². The Morgan fingerprint density at radius 3 is 2.40 bits per heavy atom. The molecule has 0 amide bonds. The van der Waals surface area contributed by atoms with E-state index in [-0.39, 0.29) is 17.9 Å². The molecule has 3 aromatic rings. The standard InChI is InChI=1S/C20H22N2O2S/c1-11(2)15-6-8-16(9-7-15)17(23)10-22-14(5)21-19-18(20(22)24)12(3)13(4)25-19/h6-9,11H,10H2,1-5H3. The van der Waals surface area contributed by atoms with Crippen LogP contribution in [-0.2, 0) is 6.54 Å². The predicted octanol–water partition coefficient (Wildman–Crippen LogP) is 4.39. The first kappa shape index (κ1) is 17.5. The number of fused-ring (bicyclic) bond motifs is 1. The summed E-state index contributed by atoms with van der Waals surface area (Å²) in [7, 11) is 0. The highest BCUT2D eigenvalue weighted by Gasteiger charge is 2.17. The van der Waals surface area contributed by atoms with E-state index in [1.54, 1.807) is 6.92 Å². The van der Waals surface area contributed by atoms with E-state index in [4.69, 9.17) is 0 Å². The van der Waals surface area contributed by atoms with Crippen molar-refractivity contribution in [3.8, 4) is 0 Å². The summed E-state index contributed by atoms with van der Waals surface area (Å²) in [4.78, 5) is 31.9. The molecule has 0 atom stereocenters. The summed E-state index contributed by atoms with van der Waals surface area (Å²) in [5.41, 5.74) is 2.64. The van der Waals surface area contributed by atoms with Crippen LogP contribution in [0.5, 0.6) is 0 Å². The number of carbonyl (C=O) groups excluding carboxylic acids is 1. The smallest absolute Gasteiger partial charge is 0.262 e. The first-order valence-corrected chi connectivity index (χ1v) is 9.21. The highest BCUT2D eigenvalue weighted by molar-refractivity contribution is 7.18. The van der Waals surface area contributed by atoms with Crippen molar-refractivity contribution in [3.63, 3.8) is 0 Å². The quantitative estimate of drug-likeness (QED) is 0.653. The van der Waals surface area contributed by atoms with E-state index in [0.29, 0.717) is 22.7 Å². The van der Waals surface area contributed by atoms with E-state index in [1.807, 2.05) is 38.1 Å². The molecule has 4 nitrogen and oxygen atoms in total. The van der Waals surface area contributed by atoms with Gasteiger partial charge >= 0.3 is 0 Å². The van der Waals surface area contributed by atoms with E-state index in [9.17, 15) is 9.59 Å². The zero-order valence-corrected chi connectivity index (χ0v) is 16.0. The first-order valence-electron chi connectivity index (χ1n) is 8.40. The molecule has 2 heterocycles. The number of hydrogen-bond acceptors (Lipinski definition) is 4. The van der Waals surface area contributed by atoms with Gasteiger partial charge in [-0.05, 0) is 37.8 Å². The van der Waals surface area contributed by atoms with Gasteiger partial charge in [-0.1, -0.05) is 38.1 Å². The fourth-order valence-electron chi connectivity index (χ4n) is 2.90. The van der Waals surface area contributed by atoms with E-state index in [2.05, 4.69) is 18.8 Å². The predicted molar refractivity (Wildman–Crippen MR) is 103 cm³/mol. The van der Waals surface area contributed by atoms with Crippen molar-refractivity contribution in [3.05, 3.63) is 62.0 Å². The molecule has 2 aromatic heterocycles. The van der Waals surface area contributed by atoms with Gasteiger partial charge in [-0.2, -0.15) is 0 Å². The molecular formula is C20H22N2O2S. The topological polar surface area (TPSA) is 52.0 Å². The van der Waals surface area contributed by atoms with Crippen LogP contribution in [0.2, 0.25) is 0 Å². The summed E-state index contributed by atoms with van der Waals surface area (Å²) in [5, 5.41) is 0.635. The Bertz CT molecular complexity index is 1010. The van der Waals surface area contributed by atoms with Crippen LogP contribution in [0, 0.1) is 20.8 Å². The first-order chi connectivity index (χ1) is 11.8. The molecule has 0 bridgehead atoms. The van der Waals surface area contributed by atoms with Crippen molar-refractivity contribution in [2.24, 2.45) is 0 Å². The third-order valence-electron chi connectivity index (χ3n) is 4.68. The Labute approximate surface area is 151 Å². The summed E-state index contributed by atoms with van der Waals surface area (Å²) >= 11 is 1.53. The molecular weight excluding hydrogens is 332 g/mol. The van der Waals surface area contributed by atoms with Crippen molar-refractivity contribution in [1.82, 2.24) is 9.55 Å². The van der Waals surface area contributed by atoms with Gasteiger partial charge in [0.15, 0.2) is 5.78 Å². The van der Waals surface area contributed by atoms with Crippen LogP contribution in [0.1, 0.15) is 52.0 Å². The Kier molecular flexibility index (Phi) is 4.60. The van der Waals surface area contributed by atoms with Gasteiger partial charge in [0, 0.05) is 10.4 Å². The average Bonchev–Trinajstić information content (AvgIpc) is 2.85. The van der Waals surface area contributed by atoms with Crippen LogP contribution in [0.3, 0.4) is 0 Å². The lowest BCUT2D eigenvalue weighted by molar-refractivity contribution is 0.0969. The summed E-state index contributed by atoms with van der Waals surface area (Å²) in [6.07, 6.45) is 0. The summed E-state index contributed by atoms with van der Waals surface area (Å²) in [6.45, 7) is 9.95. The zero-order chi connectivity index (χ0) is 18.3. The number of benzene rings is 1. The van der Waals surface area contributed by atoms with E-state index in [1.165, 1.54) is 21.5 Å². The number of aryl methyl sites for hydroxylation is 3. The minimum Gasteiger partial charge on any atom is -0.292 e. The molecule has 0 fully saturated rings. The average molecular weight is 354 g/mol. The van der Waals surface area contributed by atoms with E-state index in [0.717, 1.165) is 15.3 Å². The number of rotatable bonds is 4. The van der Waals surface area contributed by atoms with Crippen LogP contribution in [0.4, 0.5) is 0 Å². The van der Waals surface area contributed by atoms with Gasteiger partial charge < -0.3 is 0 Å². The number of hydrogen-bond donors (Lipinski definition) is 0. The van der Waals surface area contributed by atoms with E-state index >= 15 is 0 Å². The largest absolute Gasteiger partial charge is 0.292 e. The third-order valence-corrected chi connectivity index (χ3v) is 5.78.